The Hall–Kier alpha value is -3.01. The quantitative estimate of drug-likeness (QED) is 0.788. The van der Waals surface area contributed by atoms with Gasteiger partial charge < -0.3 is 5.73 Å². The normalized spacial score (nSPS) is 10.4. The molecule has 0 unspecified atom stereocenters. The number of carbonyl (C=O) groups is 1. The first kappa shape index (κ1) is 14.9. The monoisotopic (exact) mass is 303 g/mol. The van der Waals surface area contributed by atoms with Crippen molar-refractivity contribution in [2.75, 3.05) is 0 Å². The molecule has 1 aromatic carbocycles. The molecule has 2 N–H and O–H groups in total. The van der Waals surface area contributed by atoms with Crippen molar-refractivity contribution in [2.45, 2.75) is 12.8 Å². The molecule has 2 aromatic heterocycles. The molecule has 0 saturated carbocycles. The van der Waals surface area contributed by atoms with E-state index in [1.54, 1.807) is 18.5 Å². The lowest BCUT2D eigenvalue weighted by molar-refractivity contribution is 0.0999. The van der Waals surface area contributed by atoms with E-state index >= 15 is 0 Å². The molecule has 0 radical (unpaired) electrons. The van der Waals surface area contributed by atoms with E-state index in [-0.39, 0.29) is 0 Å². The predicted octanol–water partition coefficient (Wildman–Crippen LogP) is 2.76. The summed E-state index contributed by atoms with van der Waals surface area (Å²) in [5, 5.41) is 0. The summed E-state index contributed by atoms with van der Waals surface area (Å²) in [6.45, 7) is 0. The third-order valence-corrected chi connectivity index (χ3v) is 3.76. The summed E-state index contributed by atoms with van der Waals surface area (Å²) in [6, 6.07) is 13.5. The number of primary amides is 1. The third kappa shape index (κ3) is 3.61. The highest BCUT2D eigenvalue weighted by molar-refractivity contribution is 5.94. The molecule has 0 fully saturated rings. The number of hydrogen-bond acceptors (Lipinski definition) is 3. The van der Waals surface area contributed by atoms with Crippen molar-refractivity contribution in [3.05, 3.63) is 95.1 Å². The van der Waals surface area contributed by atoms with E-state index in [1.807, 2.05) is 48.8 Å². The number of carbonyl (C=O) groups excluding carboxylic acids is 1. The summed E-state index contributed by atoms with van der Waals surface area (Å²) < 4.78 is 0. The molecule has 0 aliphatic carbocycles. The van der Waals surface area contributed by atoms with E-state index < -0.39 is 5.91 Å². The SMILES string of the molecule is NC(=O)c1cccc(Cc2cccnc2)c1Cc1cccnc1. The molecule has 114 valence electrons. The zero-order valence-electron chi connectivity index (χ0n) is 12.6. The predicted molar refractivity (Wildman–Crippen MR) is 89.0 cm³/mol. The molecule has 0 aliphatic rings. The maximum atomic E-state index is 11.8. The van der Waals surface area contributed by atoms with Crippen LogP contribution in [0.3, 0.4) is 0 Å². The van der Waals surface area contributed by atoms with Crippen LogP contribution in [0.5, 0.6) is 0 Å². The minimum absolute atomic E-state index is 0.406. The topological polar surface area (TPSA) is 68.9 Å². The van der Waals surface area contributed by atoms with E-state index in [2.05, 4.69) is 9.97 Å². The lowest BCUT2D eigenvalue weighted by Crippen LogP contribution is -2.15. The first-order valence-electron chi connectivity index (χ1n) is 7.42. The average molecular weight is 303 g/mol. The smallest absolute Gasteiger partial charge is 0.248 e. The van der Waals surface area contributed by atoms with E-state index in [1.165, 1.54) is 0 Å². The van der Waals surface area contributed by atoms with Gasteiger partial charge in [0.1, 0.15) is 0 Å². The van der Waals surface area contributed by atoms with E-state index in [9.17, 15) is 4.79 Å². The Labute approximate surface area is 135 Å². The molecule has 1 amide bonds. The summed E-state index contributed by atoms with van der Waals surface area (Å²) in [5.74, 6) is -0.406. The number of amides is 1. The van der Waals surface area contributed by atoms with Crippen molar-refractivity contribution in [3.8, 4) is 0 Å². The van der Waals surface area contributed by atoms with Gasteiger partial charge in [-0.15, -0.1) is 0 Å². The molecule has 0 spiro atoms. The second kappa shape index (κ2) is 6.83. The molecule has 3 rings (SSSR count). The molecule has 2 heterocycles. The molecule has 4 nitrogen and oxygen atoms in total. The Morgan fingerprint density at radius 3 is 2.09 bits per heavy atom. The maximum Gasteiger partial charge on any atom is 0.248 e. The van der Waals surface area contributed by atoms with Crippen LogP contribution in [-0.4, -0.2) is 15.9 Å². The first-order chi connectivity index (χ1) is 11.2. The number of nitrogens with zero attached hydrogens (tertiary/aromatic N) is 2. The van der Waals surface area contributed by atoms with Crippen LogP contribution in [0.15, 0.2) is 67.3 Å². The van der Waals surface area contributed by atoms with Gasteiger partial charge in [0.25, 0.3) is 0 Å². The zero-order chi connectivity index (χ0) is 16.1. The van der Waals surface area contributed by atoms with Gasteiger partial charge in [0, 0.05) is 36.8 Å². The van der Waals surface area contributed by atoms with Crippen LogP contribution in [0.4, 0.5) is 0 Å². The van der Waals surface area contributed by atoms with Crippen LogP contribution < -0.4 is 5.73 Å². The van der Waals surface area contributed by atoms with Crippen LogP contribution in [0.2, 0.25) is 0 Å². The Bertz CT molecular complexity index is 801. The number of pyridine rings is 2. The molecule has 0 aliphatic heterocycles. The van der Waals surface area contributed by atoms with Gasteiger partial charge in [0.2, 0.25) is 5.91 Å². The third-order valence-electron chi connectivity index (χ3n) is 3.76. The minimum Gasteiger partial charge on any atom is -0.366 e. The van der Waals surface area contributed by atoms with Crippen molar-refractivity contribution in [1.29, 1.82) is 0 Å². The maximum absolute atomic E-state index is 11.8. The summed E-state index contributed by atoms with van der Waals surface area (Å²) >= 11 is 0. The highest BCUT2D eigenvalue weighted by atomic mass is 16.1. The number of benzene rings is 1. The fourth-order valence-corrected chi connectivity index (χ4v) is 2.67. The highest BCUT2D eigenvalue weighted by Gasteiger charge is 2.13. The average Bonchev–Trinajstić information content (AvgIpc) is 2.58. The van der Waals surface area contributed by atoms with Gasteiger partial charge in [0.05, 0.1) is 0 Å². The molecule has 3 aromatic rings. The summed E-state index contributed by atoms with van der Waals surface area (Å²) in [5.41, 5.74) is 10.3. The van der Waals surface area contributed by atoms with Crippen molar-refractivity contribution < 1.29 is 4.79 Å². The van der Waals surface area contributed by atoms with Gasteiger partial charge in [-0.05, 0) is 46.9 Å². The molecule has 4 heteroatoms. The van der Waals surface area contributed by atoms with Crippen molar-refractivity contribution >= 4 is 5.91 Å². The van der Waals surface area contributed by atoms with E-state index in [0.29, 0.717) is 18.4 Å². The Morgan fingerprint density at radius 2 is 1.52 bits per heavy atom. The van der Waals surface area contributed by atoms with Gasteiger partial charge in [-0.25, -0.2) is 0 Å². The molecule has 0 atom stereocenters. The highest BCUT2D eigenvalue weighted by Crippen LogP contribution is 2.21. The van der Waals surface area contributed by atoms with Crippen LogP contribution in [-0.2, 0) is 12.8 Å². The number of nitrogens with two attached hydrogens (primary N) is 1. The van der Waals surface area contributed by atoms with Crippen molar-refractivity contribution in [2.24, 2.45) is 5.73 Å². The fourth-order valence-electron chi connectivity index (χ4n) is 2.67. The molecular weight excluding hydrogens is 286 g/mol. The second-order valence-electron chi connectivity index (χ2n) is 5.38. The van der Waals surface area contributed by atoms with Gasteiger partial charge in [-0.3, -0.25) is 14.8 Å². The summed E-state index contributed by atoms with van der Waals surface area (Å²) in [7, 11) is 0. The number of rotatable bonds is 5. The first-order valence-corrected chi connectivity index (χ1v) is 7.42. The minimum atomic E-state index is -0.406. The van der Waals surface area contributed by atoms with Crippen LogP contribution in [0, 0.1) is 0 Å². The lowest BCUT2D eigenvalue weighted by Gasteiger charge is -2.13. The largest absolute Gasteiger partial charge is 0.366 e. The van der Waals surface area contributed by atoms with Crippen LogP contribution >= 0.6 is 0 Å². The summed E-state index contributed by atoms with van der Waals surface area (Å²) in [6.07, 6.45) is 8.48. The zero-order valence-corrected chi connectivity index (χ0v) is 12.6. The number of aromatic nitrogens is 2. The van der Waals surface area contributed by atoms with Crippen LogP contribution in [0.1, 0.15) is 32.6 Å². The van der Waals surface area contributed by atoms with Gasteiger partial charge in [0.15, 0.2) is 0 Å². The van der Waals surface area contributed by atoms with Gasteiger partial charge >= 0.3 is 0 Å². The Balaban J connectivity index is 2.01. The standard InChI is InChI=1S/C19H17N3O/c20-19(23)17-7-1-6-16(10-14-4-2-8-21-12-14)18(17)11-15-5-3-9-22-13-15/h1-9,12-13H,10-11H2,(H2,20,23). The van der Waals surface area contributed by atoms with Crippen molar-refractivity contribution in [1.82, 2.24) is 9.97 Å². The molecular formula is C19H17N3O. The number of hydrogen-bond donors (Lipinski definition) is 1. The summed E-state index contributed by atoms with van der Waals surface area (Å²) in [4.78, 5) is 20.1. The van der Waals surface area contributed by atoms with Gasteiger partial charge in [-0.1, -0.05) is 24.3 Å². The Morgan fingerprint density at radius 1 is 0.870 bits per heavy atom. The van der Waals surface area contributed by atoms with E-state index in [0.717, 1.165) is 22.3 Å². The van der Waals surface area contributed by atoms with E-state index in [4.69, 9.17) is 5.73 Å². The molecule has 0 bridgehead atoms. The van der Waals surface area contributed by atoms with Crippen molar-refractivity contribution in [3.63, 3.8) is 0 Å². The molecule has 0 saturated heterocycles. The lowest BCUT2D eigenvalue weighted by atomic mass is 9.92. The fraction of sp³-hybridized carbons (Fsp3) is 0.105. The van der Waals surface area contributed by atoms with Crippen LogP contribution in [0.25, 0.3) is 0 Å². The Kier molecular flexibility index (Phi) is 4.43. The van der Waals surface area contributed by atoms with Gasteiger partial charge in [-0.2, -0.15) is 0 Å². The molecule has 23 heavy (non-hydrogen) atoms. The second-order valence-corrected chi connectivity index (χ2v) is 5.38.